The first-order valence-electron chi connectivity index (χ1n) is 5.61. The highest BCUT2D eigenvalue weighted by atomic mass is 32.1. The summed E-state index contributed by atoms with van der Waals surface area (Å²) in [4.78, 5) is 17.7. The minimum Gasteiger partial charge on any atom is -0.296 e. The molecular weight excluding hydrogens is 220 g/mol. The van der Waals surface area contributed by atoms with Gasteiger partial charge in [0.15, 0.2) is 11.2 Å². The summed E-state index contributed by atoms with van der Waals surface area (Å²) in [6.45, 7) is 6.15. The highest BCUT2D eigenvalue weighted by Crippen LogP contribution is 2.26. The summed E-state index contributed by atoms with van der Waals surface area (Å²) in [5, 5.41) is 0. The van der Waals surface area contributed by atoms with E-state index in [4.69, 9.17) is 0 Å². The van der Waals surface area contributed by atoms with Crippen LogP contribution in [0.15, 0.2) is 0 Å². The third-order valence-electron chi connectivity index (χ3n) is 2.89. The van der Waals surface area contributed by atoms with Crippen LogP contribution in [-0.4, -0.2) is 15.7 Å². The van der Waals surface area contributed by atoms with E-state index in [1.807, 2.05) is 11.3 Å². The molecular formula is C12H16N2OS. The standard InChI is InChI=1S/C12H16N2OS/c1-4-5-6-11-9(3)14-10(7-15)8(2)13-12(14)16-11/h7H,4-6H2,1-3H3. The van der Waals surface area contributed by atoms with Gasteiger partial charge in [-0.3, -0.25) is 9.20 Å². The number of imidazole rings is 1. The largest absolute Gasteiger partial charge is 0.296 e. The molecule has 0 spiro atoms. The molecule has 2 aromatic heterocycles. The Balaban J connectivity index is 2.53. The van der Waals surface area contributed by atoms with Crippen molar-refractivity contribution >= 4 is 22.6 Å². The van der Waals surface area contributed by atoms with Crippen molar-refractivity contribution in [3.8, 4) is 0 Å². The van der Waals surface area contributed by atoms with Gasteiger partial charge < -0.3 is 0 Å². The van der Waals surface area contributed by atoms with E-state index in [0.717, 1.165) is 23.4 Å². The molecule has 4 heteroatoms. The number of aryl methyl sites for hydroxylation is 3. The van der Waals surface area contributed by atoms with Crippen LogP contribution in [0.25, 0.3) is 4.96 Å². The summed E-state index contributed by atoms with van der Waals surface area (Å²) in [7, 11) is 0. The molecule has 0 fully saturated rings. The Bertz CT molecular complexity index is 525. The van der Waals surface area contributed by atoms with E-state index in [1.54, 1.807) is 11.3 Å². The van der Waals surface area contributed by atoms with E-state index in [2.05, 4.69) is 18.8 Å². The smallest absolute Gasteiger partial charge is 0.194 e. The Morgan fingerprint density at radius 2 is 2.19 bits per heavy atom. The molecule has 0 unspecified atom stereocenters. The maximum Gasteiger partial charge on any atom is 0.194 e. The number of aromatic nitrogens is 2. The van der Waals surface area contributed by atoms with Crippen molar-refractivity contribution in [2.24, 2.45) is 0 Å². The third kappa shape index (κ3) is 1.67. The van der Waals surface area contributed by atoms with Gasteiger partial charge in [-0.05, 0) is 26.7 Å². The van der Waals surface area contributed by atoms with Gasteiger partial charge >= 0.3 is 0 Å². The molecule has 0 saturated heterocycles. The molecule has 2 aromatic rings. The highest BCUT2D eigenvalue weighted by Gasteiger charge is 2.15. The number of carbonyl (C=O) groups excluding carboxylic acids is 1. The van der Waals surface area contributed by atoms with Crippen molar-refractivity contribution in [1.82, 2.24) is 9.38 Å². The van der Waals surface area contributed by atoms with E-state index in [9.17, 15) is 4.79 Å². The van der Waals surface area contributed by atoms with Crippen LogP contribution in [0.3, 0.4) is 0 Å². The van der Waals surface area contributed by atoms with Crippen LogP contribution < -0.4 is 0 Å². The Morgan fingerprint density at radius 1 is 1.44 bits per heavy atom. The molecule has 0 aliphatic heterocycles. The van der Waals surface area contributed by atoms with E-state index < -0.39 is 0 Å². The van der Waals surface area contributed by atoms with Gasteiger partial charge in [-0.25, -0.2) is 4.98 Å². The van der Waals surface area contributed by atoms with Gasteiger partial charge in [0.05, 0.1) is 5.69 Å². The lowest BCUT2D eigenvalue weighted by molar-refractivity contribution is 0.111. The maximum atomic E-state index is 11.0. The van der Waals surface area contributed by atoms with Crippen LogP contribution >= 0.6 is 11.3 Å². The molecule has 3 nitrogen and oxygen atoms in total. The second-order valence-electron chi connectivity index (χ2n) is 4.03. The van der Waals surface area contributed by atoms with E-state index in [0.29, 0.717) is 5.69 Å². The Kier molecular flexibility index (Phi) is 3.10. The molecule has 0 aromatic carbocycles. The lowest BCUT2D eigenvalue weighted by atomic mass is 10.2. The molecule has 0 atom stereocenters. The first kappa shape index (κ1) is 11.3. The molecule has 0 saturated carbocycles. The number of carbonyl (C=O) groups is 1. The molecule has 2 heterocycles. The summed E-state index contributed by atoms with van der Waals surface area (Å²) >= 11 is 1.71. The van der Waals surface area contributed by atoms with Gasteiger partial charge in [0.1, 0.15) is 5.69 Å². The molecule has 2 rings (SSSR count). The topological polar surface area (TPSA) is 34.4 Å². The van der Waals surface area contributed by atoms with Crippen molar-refractivity contribution in [2.75, 3.05) is 0 Å². The van der Waals surface area contributed by atoms with Crippen molar-refractivity contribution in [1.29, 1.82) is 0 Å². The van der Waals surface area contributed by atoms with Gasteiger partial charge in [-0.2, -0.15) is 0 Å². The van der Waals surface area contributed by atoms with Crippen molar-refractivity contribution in [3.63, 3.8) is 0 Å². The molecule has 0 amide bonds. The van der Waals surface area contributed by atoms with Gasteiger partial charge in [0.25, 0.3) is 0 Å². The zero-order valence-electron chi connectivity index (χ0n) is 9.91. The number of fused-ring (bicyclic) bond motifs is 1. The Labute approximate surface area is 99.1 Å². The molecule has 0 radical (unpaired) electrons. The Hall–Kier alpha value is -1.16. The predicted molar refractivity (Wildman–Crippen MR) is 66.5 cm³/mol. The number of thiazole rings is 1. The van der Waals surface area contributed by atoms with Crippen LogP contribution in [0.2, 0.25) is 0 Å². The quantitative estimate of drug-likeness (QED) is 0.764. The lowest BCUT2D eigenvalue weighted by Gasteiger charge is -1.98. The molecule has 16 heavy (non-hydrogen) atoms. The zero-order valence-corrected chi connectivity index (χ0v) is 10.7. The number of hydrogen-bond donors (Lipinski definition) is 0. The summed E-state index contributed by atoms with van der Waals surface area (Å²) in [5.41, 5.74) is 2.70. The fraction of sp³-hybridized carbons (Fsp3) is 0.500. The molecule has 86 valence electrons. The first-order chi connectivity index (χ1) is 7.69. The zero-order chi connectivity index (χ0) is 11.7. The van der Waals surface area contributed by atoms with Crippen molar-refractivity contribution in [2.45, 2.75) is 40.0 Å². The van der Waals surface area contributed by atoms with E-state index in [-0.39, 0.29) is 0 Å². The van der Waals surface area contributed by atoms with Gasteiger partial charge in [0, 0.05) is 10.6 Å². The second-order valence-corrected chi connectivity index (χ2v) is 5.09. The third-order valence-corrected chi connectivity index (χ3v) is 4.09. The van der Waals surface area contributed by atoms with Crippen molar-refractivity contribution < 1.29 is 4.79 Å². The van der Waals surface area contributed by atoms with Crippen LogP contribution in [-0.2, 0) is 6.42 Å². The molecule has 0 N–H and O–H groups in total. The second kappa shape index (κ2) is 4.37. The number of unbranched alkanes of at least 4 members (excludes halogenated alkanes) is 1. The summed E-state index contributed by atoms with van der Waals surface area (Å²) < 4.78 is 1.98. The number of aldehydes is 1. The summed E-state index contributed by atoms with van der Waals surface area (Å²) in [5.74, 6) is 0. The fourth-order valence-corrected chi connectivity index (χ4v) is 3.14. The average molecular weight is 236 g/mol. The SMILES string of the molecule is CCCCc1sc2nc(C)c(C=O)n2c1C. The fourth-order valence-electron chi connectivity index (χ4n) is 1.92. The van der Waals surface area contributed by atoms with Gasteiger partial charge in [-0.1, -0.05) is 13.3 Å². The van der Waals surface area contributed by atoms with Crippen LogP contribution in [0.5, 0.6) is 0 Å². The Morgan fingerprint density at radius 3 is 2.81 bits per heavy atom. The van der Waals surface area contributed by atoms with E-state index >= 15 is 0 Å². The monoisotopic (exact) mass is 236 g/mol. The normalized spacial score (nSPS) is 11.2. The van der Waals surface area contributed by atoms with Crippen LogP contribution in [0.1, 0.15) is 46.5 Å². The maximum absolute atomic E-state index is 11.0. The molecule has 0 bridgehead atoms. The van der Waals surface area contributed by atoms with E-state index in [1.165, 1.54) is 23.4 Å². The first-order valence-corrected chi connectivity index (χ1v) is 6.43. The minimum absolute atomic E-state index is 0.700. The predicted octanol–water partition coefficient (Wildman–Crippen LogP) is 3.17. The number of rotatable bonds is 4. The van der Waals surface area contributed by atoms with Crippen LogP contribution in [0, 0.1) is 13.8 Å². The molecule has 0 aliphatic rings. The molecule has 0 aliphatic carbocycles. The minimum atomic E-state index is 0.700. The van der Waals surface area contributed by atoms with Crippen LogP contribution in [0.4, 0.5) is 0 Å². The summed E-state index contributed by atoms with van der Waals surface area (Å²) in [6.07, 6.45) is 4.38. The number of nitrogens with zero attached hydrogens (tertiary/aromatic N) is 2. The average Bonchev–Trinajstić information content (AvgIpc) is 2.72. The van der Waals surface area contributed by atoms with Gasteiger partial charge in [0.2, 0.25) is 0 Å². The summed E-state index contributed by atoms with van der Waals surface area (Å²) in [6, 6.07) is 0. The van der Waals surface area contributed by atoms with Crippen molar-refractivity contribution in [3.05, 3.63) is 22.0 Å². The van der Waals surface area contributed by atoms with Gasteiger partial charge in [-0.15, -0.1) is 11.3 Å². The lowest BCUT2D eigenvalue weighted by Crippen LogP contribution is -1.95. The number of hydrogen-bond acceptors (Lipinski definition) is 3. The highest BCUT2D eigenvalue weighted by molar-refractivity contribution is 7.17.